The molecule has 1 aliphatic heterocycles. The van der Waals surface area contributed by atoms with Crippen LogP contribution >= 0.6 is 0 Å². The predicted molar refractivity (Wildman–Crippen MR) is 56.8 cm³/mol. The highest BCUT2D eigenvalue weighted by molar-refractivity contribution is 5.80. The first-order valence-corrected chi connectivity index (χ1v) is 5.15. The fraction of sp³-hybridized carbons (Fsp3) is 0.667. The number of aromatic amines is 1. The van der Waals surface area contributed by atoms with Gasteiger partial charge in [0.25, 0.3) is 0 Å². The molecule has 0 spiro atoms. The van der Waals surface area contributed by atoms with Crippen molar-refractivity contribution in [2.45, 2.75) is 18.3 Å². The zero-order valence-corrected chi connectivity index (χ0v) is 9.10. The fourth-order valence-electron chi connectivity index (χ4n) is 2.04. The van der Waals surface area contributed by atoms with Gasteiger partial charge in [0.1, 0.15) is 11.2 Å². The van der Waals surface area contributed by atoms with Crippen molar-refractivity contribution in [3.8, 4) is 0 Å². The maximum atomic E-state index is 11.4. The molecule has 0 amide bonds. The molecule has 7 nitrogen and oxygen atoms in total. The van der Waals surface area contributed by atoms with Crippen molar-refractivity contribution in [2.24, 2.45) is 0 Å². The summed E-state index contributed by atoms with van der Waals surface area (Å²) in [4.78, 5) is 17.5. The number of nitrogens with zero attached hydrogens (tertiary/aromatic N) is 3. The van der Waals surface area contributed by atoms with Gasteiger partial charge in [-0.3, -0.25) is 9.89 Å². The standard InChI is InChI=1S/C9H15N5O2/c1-14-4-2-9(3-5-14,7(15)16)6-11-8(10)13-12-6/h2-5H2,1H3,(H,15,16)(H3,10,11,12,13). The molecule has 16 heavy (non-hydrogen) atoms. The molecule has 88 valence electrons. The monoisotopic (exact) mass is 225 g/mol. The SMILES string of the molecule is CN1CCC(C(=O)O)(c2nc(N)n[nH]2)CC1. The first-order chi connectivity index (χ1) is 7.54. The van der Waals surface area contributed by atoms with Gasteiger partial charge in [-0.15, -0.1) is 5.10 Å². The summed E-state index contributed by atoms with van der Waals surface area (Å²) in [6.45, 7) is 1.46. The van der Waals surface area contributed by atoms with Crippen LogP contribution in [0.3, 0.4) is 0 Å². The van der Waals surface area contributed by atoms with E-state index in [0.717, 1.165) is 13.1 Å². The van der Waals surface area contributed by atoms with Gasteiger partial charge in [-0.2, -0.15) is 4.98 Å². The molecule has 0 unspecified atom stereocenters. The van der Waals surface area contributed by atoms with Gasteiger partial charge >= 0.3 is 5.97 Å². The molecule has 0 atom stereocenters. The highest BCUT2D eigenvalue weighted by Crippen LogP contribution is 2.33. The Morgan fingerprint density at radius 2 is 2.19 bits per heavy atom. The summed E-state index contributed by atoms with van der Waals surface area (Å²) in [5, 5.41) is 15.7. The van der Waals surface area contributed by atoms with E-state index in [1.807, 2.05) is 7.05 Å². The number of rotatable bonds is 2. The lowest BCUT2D eigenvalue weighted by molar-refractivity contribution is -0.146. The Balaban J connectivity index is 2.33. The second-order valence-electron chi connectivity index (χ2n) is 4.23. The summed E-state index contributed by atoms with van der Waals surface area (Å²) in [6.07, 6.45) is 1.04. The first kappa shape index (κ1) is 10.9. The molecule has 1 aliphatic rings. The number of anilines is 1. The number of hydrogen-bond acceptors (Lipinski definition) is 5. The third kappa shape index (κ3) is 1.63. The Morgan fingerprint density at radius 3 is 2.62 bits per heavy atom. The minimum atomic E-state index is -0.961. The zero-order chi connectivity index (χ0) is 11.8. The van der Waals surface area contributed by atoms with Crippen molar-refractivity contribution in [1.82, 2.24) is 20.1 Å². The molecule has 0 saturated carbocycles. The number of H-pyrrole nitrogens is 1. The van der Waals surface area contributed by atoms with Crippen LogP contribution in [0.25, 0.3) is 0 Å². The lowest BCUT2D eigenvalue weighted by atomic mass is 9.78. The van der Waals surface area contributed by atoms with E-state index in [1.165, 1.54) is 0 Å². The zero-order valence-electron chi connectivity index (χ0n) is 9.10. The molecule has 4 N–H and O–H groups in total. The van der Waals surface area contributed by atoms with Gasteiger partial charge in [0, 0.05) is 0 Å². The van der Waals surface area contributed by atoms with Crippen LogP contribution < -0.4 is 5.73 Å². The largest absolute Gasteiger partial charge is 0.480 e. The Morgan fingerprint density at radius 1 is 1.56 bits per heavy atom. The number of piperidine rings is 1. The molecule has 0 aliphatic carbocycles. The second-order valence-corrected chi connectivity index (χ2v) is 4.23. The maximum Gasteiger partial charge on any atom is 0.317 e. The smallest absolute Gasteiger partial charge is 0.317 e. The lowest BCUT2D eigenvalue weighted by Crippen LogP contribution is -2.46. The number of carboxylic acid groups (broad SMARTS) is 1. The van der Waals surface area contributed by atoms with E-state index in [9.17, 15) is 9.90 Å². The van der Waals surface area contributed by atoms with E-state index >= 15 is 0 Å². The summed E-state index contributed by atoms with van der Waals surface area (Å²) >= 11 is 0. The topological polar surface area (TPSA) is 108 Å². The van der Waals surface area contributed by atoms with E-state index in [1.54, 1.807) is 0 Å². The number of aliphatic carboxylic acids is 1. The van der Waals surface area contributed by atoms with Crippen molar-refractivity contribution in [3.05, 3.63) is 5.82 Å². The number of carbonyl (C=O) groups is 1. The summed E-state index contributed by atoms with van der Waals surface area (Å²) in [6, 6.07) is 0. The third-order valence-electron chi connectivity index (χ3n) is 3.21. The van der Waals surface area contributed by atoms with Crippen molar-refractivity contribution in [2.75, 3.05) is 25.9 Å². The van der Waals surface area contributed by atoms with Gasteiger partial charge in [0.2, 0.25) is 5.95 Å². The first-order valence-electron chi connectivity index (χ1n) is 5.15. The maximum absolute atomic E-state index is 11.4. The Labute approximate surface area is 92.7 Å². The average molecular weight is 225 g/mol. The van der Waals surface area contributed by atoms with Gasteiger partial charge in [0.15, 0.2) is 0 Å². The van der Waals surface area contributed by atoms with Gasteiger partial charge in [-0.05, 0) is 33.0 Å². The van der Waals surface area contributed by atoms with E-state index in [0.29, 0.717) is 18.7 Å². The Bertz CT molecular complexity index is 394. The summed E-state index contributed by atoms with van der Waals surface area (Å²) in [5.74, 6) is -0.406. The molecule has 1 aromatic rings. The van der Waals surface area contributed by atoms with Crippen LogP contribution in [0.1, 0.15) is 18.7 Å². The van der Waals surface area contributed by atoms with Crippen molar-refractivity contribution in [1.29, 1.82) is 0 Å². The number of nitrogens with two attached hydrogens (primary N) is 1. The molecule has 2 rings (SSSR count). The van der Waals surface area contributed by atoms with Gasteiger partial charge in [0.05, 0.1) is 0 Å². The number of aromatic nitrogens is 3. The molecular weight excluding hydrogens is 210 g/mol. The van der Waals surface area contributed by atoms with E-state index in [2.05, 4.69) is 20.1 Å². The minimum absolute atomic E-state index is 0.0922. The van der Waals surface area contributed by atoms with Crippen LogP contribution in [0, 0.1) is 0 Å². The molecule has 0 aromatic carbocycles. The highest BCUT2D eigenvalue weighted by Gasteiger charge is 2.45. The van der Waals surface area contributed by atoms with Crippen LogP contribution in [0.15, 0.2) is 0 Å². The fourth-order valence-corrected chi connectivity index (χ4v) is 2.04. The summed E-state index contributed by atoms with van der Waals surface area (Å²) in [5.41, 5.74) is 4.45. The Kier molecular flexibility index (Phi) is 2.55. The molecule has 1 fully saturated rings. The third-order valence-corrected chi connectivity index (χ3v) is 3.21. The van der Waals surface area contributed by atoms with Crippen molar-refractivity contribution >= 4 is 11.9 Å². The van der Waals surface area contributed by atoms with E-state index in [-0.39, 0.29) is 5.95 Å². The number of nitrogen functional groups attached to an aromatic ring is 1. The van der Waals surface area contributed by atoms with Gasteiger partial charge < -0.3 is 15.7 Å². The number of likely N-dealkylation sites (tertiary alicyclic amines) is 1. The Hall–Kier alpha value is -1.63. The summed E-state index contributed by atoms with van der Waals surface area (Å²) < 4.78 is 0. The van der Waals surface area contributed by atoms with Crippen LogP contribution in [0.2, 0.25) is 0 Å². The summed E-state index contributed by atoms with van der Waals surface area (Å²) in [7, 11) is 1.97. The number of carboxylic acids is 1. The average Bonchev–Trinajstić information content (AvgIpc) is 2.66. The number of nitrogens with one attached hydrogen (secondary N) is 1. The second kappa shape index (κ2) is 3.75. The van der Waals surface area contributed by atoms with Crippen molar-refractivity contribution in [3.63, 3.8) is 0 Å². The van der Waals surface area contributed by atoms with Crippen LogP contribution in [0.4, 0.5) is 5.95 Å². The van der Waals surface area contributed by atoms with Crippen molar-refractivity contribution < 1.29 is 9.90 Å². The molecule has 7 heteroatoms. The van der Waals surface area contributed by atoms with Crippen LogP contribution in [-0.2, 0) is 10.2 Å². The van der Waals surface area contributed by atoms with Crippen LogP contribution in [-0.4, -0.2) is 51.3 Å². The minimum Gasteiger partial charge on any atom is -0.480 e. The molecule has 0 bridgehead atoms. The number of hydrogen-bond donors (Lipinski definition) is 3. The van der Waals surface area contributed by atoms with Crippen LogP contribution in [0.5, 0.6) is 0 Å². The van der Waals surface area contributed by atoms with Gasteiger partial charge in [-0.1, -0.05) is 0 Å². The quantitative estimate of drug-likeness (QED) is 0.622. The predicted octanol–water partition coefficient (Wildman–Crippen LogP) is -0.565. The normalized spacial score (nSPS) is 20.8. The van der Waals surface area contributed by atoms with E-state index in [4.69, 9.17) is 5.73 Å². The highest BCUT2D eigenvalue weighted by atomic mass is 16.4. The molecular formula is C9H15N5O2. The molecule has 0 radical (unpaired) electrons. The lowest BCUT2D eigenvalue weighted by Gasteiger charge is -2.35. The van der Waals surface area contributed by atoms with Gasteiger partial charge in [-0.25, -0.2) is 0 Å². The van der Waals surface area contributed by atoms with E-state index < -0.39 is 11.4 Å². The molecule has 1 saturated heterocycles. The molecule has 2 heterocycles. The molecule has 1 aromatic heterocycles.